The number of hydrogen-bond acceptors (Lipinski definition) is 8. The lowest BCUT2D eigenvalue weighted by atomic mass is 10.2. The monoisotopic (exact) mass is 392 g/mol. The minimum absolute atomic E-state index is 0.0963. The summed E-state index contributed by atoms with van der Waals surface area (Å²) in [5.74, 6) is 0.426. The quantitative estimate of drug-likeness (QED) is 0.749. The van der Waals surface area contributed by atoms with Crippen molar-refractivity contribution in [3.8, 4) is 0 Å². The maximum Gasteiger partial charge on any atom is 0.276 e. The second kappa shape index (κ2) is 9.05. The van der Waals surface area contributed by atoms with Crippen molar-refractivity contribution in [3.05, 3.63) is 28.1 Å². The Kier molecular flexibility index (Phi) is 6.51. The van der Waals surface area contributed by atoms with E-state index in [0.29, 0.717) is 36.0 Å². The number of carbonyl (C=O) groups is 2. The lowest BCUT2D eigenvalue weighted by molar-refractivity contribution is 0.0628. The minimum atomic E-state index is -0.108. The van der Waals surface area contributed by atoms with E-state index in [4.69, 9.17) is 4.52 Å². The summed E-state index contributed by atoms with van der Waals surface area (Å²) in [6.07, 6.45) is 1.70. The first-order chi connectivity index (χ1) is 13.1. The van der Waals surface area contributed by atoms with Crippen LogP contribution in [-0.2, 0) is 6.42 Å². The average molecular weight is 392 g/mol. The molecule has 0 aliphatic carbocycles. The highest BCUT2D eigenvalue weighted by atomic mass is 32.1. The zero-order valence-electron chi connectivity index (χ0n) is 15.6. The normalized spacial score (nSPS) is 15.1. The molecule has 0 aromatic carbocycles. The van der Waals surface area contributed by atoms with Crippen molar-refractivity contribution in [2.75, 3.05) is 39.3 Å². The summed E-state index contributed by atoms with van der Waals surface area (Å²) in [5.41, 5.74) is 1.13. The number of carbonyl (C=O) groups excluding carboxylic acids is 2. The van der Waals surface area contributed by atoms with E-state index in [1.807, 2.05) is 0 Å². The van der Waals surface area contributed by atoms with Crippen LogP contribution in [0.15, 0.2) is 10.6 Å². The van der Waals surface area contributed by atoms with Crippen molar-refractivity contribution >= 4 is 23.3 Å². The maximum absolute atomic E-state index is 12.4. The average Bonchev–Trinajstić information content (AvgIpc) is 3.31. The van der Waals surface area contributed by atoms with Gasteiger partial charge in [-0.25, -0.2) is 0 Å². The molecule has 0 unspecified atom stereocenters. The van der Waals surface area contributed by atoms with Crippen LogP contribution >= 0.6 is 11.5 Å². The first-order valence-electron chi connectivity index (χ1n) is 9.13. The van der Waals surface area contributed by atoms with Gasteiger partial charge in [0, 0.05) is 45.3 Å². The lowest BCUT2D eigenvalue weighted by Crippen LogP contribution is -2.50. The van der Waals surface area contributed by atoms with Gasteiger partial charge >= 0.3 is 0 Å². The largest absolute Gasteiger partial charge is 0.361 e. The van der Waals surface area contributed by atoms with Crippen molar-refractivity contribution in [1.29, 1.82) is 0 Å². The van der Waals surface area contributed by atoms with Crippen molar-refractivity contribution in [2.45, 2.75) is 26.7 Å². The number of aryl methyl sites for hydroxylation is 2. The zero-order valence-corrected chi connectivity index (χ0v) is 16.4. The zero-order chi connectivity index (χ0) is 19.2. The summed E-state index contributed by atoms with van der Waals surface area (Å²) in [4.78, 5) is 29.3. The molecule has 1 fully saturated rings. The maximum atomic E-state index is 12.4. The second-order valence-electron chi connectivity index (χ2n) is 6.51. The molecule has 10 heteroatoms. The molecule has 1 N–H and O–H groups in total. The molecular weight excluding hydrogens is 368 g/mol. The molecule has 27 heavy (non-hydrogen) atoms. The van der Waals surface area contributed by atoms with E-state index < -0.39 is 0 Å². The third-order valence-electron chi connectivity index (χ3n) is 4.47. The first-order valence-corrected chi connectivity index (χ1v) is 9.90. The summed E-state index contributed by atoms with van der Waals surface area (Å²) in [6.45, 7) is 7.92. The van der Waals surface area contributed by atoms with Crippen molar-refractivity contribution in [3.63, 3.8) is 0 Å². The van der Waals surface area contributed by atoms with Crippen LogP contribution < -0.4 is 5.32 Å². The Bertz CT molecular complexity index is 781. The van der Waals surface area contributed by atoms with Crippen molar-refractivity contribution in [2.24, 2.45) is 0 Å². The number of hydrogen-bond donors (Lipinski definition) is 1. The third-order valence-corrected chi connectivity index (χ3v) is 5.24. The van der Waals surface area contributed by atoms with Crippen LogP contribution in [-0.4, -0.2) is 75.6 Å². The van der Waals surface area contributed by atoms with Gasteiger partial charge in [-0.2, -0.15) is 0 Å². The van der Waals surface area contributed by atoms with Gasteiger partial charge in [-0.1, -0.05) is 23.0 Å². The van der Waals surface area contributed by atoms with Crippen LogP contribution in [0, 0.1) is 6.92 Å². The number of aromatic nitrogens is 3. The van der Waals surface area contributed by atoms with Gasteiger partial charge in [0.15, 0.2) is 5.69 Å². The summed E-state index contributed by atoms with van der Waals surface area (Å²) in [6, 6.07) is 1.66. The Hall–Kier alpha value is -2.33. The topological polar surface area (TPSA) is 104 Å². The van der Waals surface area contributed by atoms with Gasteiger partial charge in [-0.3, -0.25) is 14.5 Å². The molecule has 1 aliphatic heterocycles. The second-order valence-corrected chi connectivity index (χ2v) is 7.27. The smallest absolute Gasteiger partial charge is 0.276 e. The summed E-state index contributed by atoms with van der Waals surface area (Å²) in [5, 5.41) is 10.8. The molecule has 0 spiro atoms. The van der Waals surface area contributed by atoms with Crippen LogP contribution in [0.5, 0.6) is 0 Å². The molecule has 3 heterocycles. The van der Waals surface area contributed by atoms with E-state index >= 15 is 0 Å². The van der Waals surface area contributed by atoms with Crippen LogP contribution in [0.1, 0.15) is 45.0 Å². The van der Waals surface area contributed by atoms with Crippen LogP contribution in [0.2, 0.25) is 0 Å². The fourth-order valence-corrected chi connectivity index (χ4v) is 3.62. The first kappa shape index (κ1) is 19.4. The van der Waals surface area contributed by atoms with Gasteiger partial charge in [0.25, 0.3) is 11.8 Å². The van der Waals surface area contributed by atoms with Gasteiger partial charge in [-0.15, -0.1) is 5.10 Å². The Morgan fingerprint density at radius 3 is 2.74 bits per heavy atom. The van der Waals surface area contributed by atoms with Gasteiger partial charge in [0.05, 0.1) is 5.69 Å². The van der Waals surface area contributed by atoms with Crippen LogP contribution in [0.4, 0.5) is 0 Å². The Morgan fingerprint density at radius 2 is 2.07 bits per heavy atom. The number of rotatable bonds is 7. The fourth-order valence-electron chi connectivity index (χ4n) is 2.99. The van der Waals surface area contributed by atoms with E-state index in [1.54, 1.807) is 17.9 Å². The molecule has 2 amide bonds. The summed E-state index contributed by atoms with van der Waals surface area (Å²) in [7, 11) is 0. The Balaban J connectivity index is 1.40. The van der Waals surface area contributed by atoms with Gasteiger partial charge in [-0.05, 0) is 24.9 Å². The van der Waals surface area contributed by atoms with Gasteiger partial charge < -0.3 is 14.7 Å². The number of piperazine rings is 1. The molecular formula is C17H24N6O3S. The van der Waals surface area contributed by atoms with Gasteiger partial charge in [0.1, 0.15) is 10.6 Å². The highest BCUT2D eigenvalue weighted by molar-refractivity contribution is 7.08. The predicted molar refractivity (Wildman–Crippen MR) is 99.8 cm³/mol. The SMILES string of the molecule is CCCc1nnsc1C(=O)NCCN1CCN(C(=O)c2cc(C)on2)CC1. The van der Waals surface area contributed by atoms with E-state index in [2.05, 4.69) is 31.9 Å². The summed E-state index contributed by atoms with van der Waals surface area (Å²) >= 11 is 1.14. The fraction of sp³-hybridized carbons (Fsp3) is 0.588. The standard InChI is InChI=1S/C17H24N6O3S/c1-3-4-13-15(27-21-19-13)16(24)18-5-6-22-7-9-23(10-8-22)17(25)14-11-12(2)26-20-14/h11H,3-10H2,1-2H3,(H,18,24). The molecule has 0 radical (unpaired) electrons. The number of nitrogens with zero attached hydrogens (tertiary/aromatic N) is 5. The van der Waals surface area contributed by atoms with E-state index in [0.717, 1.165) is 49.7 Å². The third kappa shape index (κ3) is 4.89. The lowest BCUT2D eigenvalue weighted by Gasteiger charge is -2.34. The van der Waals surface area contributed by atoms with E-state index in [-0.39, 0.29) is 11.8 Å². The number of nitrogens with one attached hydrogen (secondary N) is 1. The molecule has 1 aliphatic rings. The minimum Gasteiger partial charge on any atom is -0.361 e. The number of amides is 2. The Labute approximate surface area is 161 Å². The predicted octanol–water partition coefficient (Wildman–Crippen LogP) is 0.975. The molecule has 2 aromatic rings. The highest BCUT2D eigenvalue weighted by Crippen LogP contribution is 2.12. The molecule has 0 atom stereocenters. The molecule has 3 rings (SSSR count). The van der Waals surface area contributed by atoms with Crippen molar-refractivity contribution < 1.29 is 14.1 Å². The summed E-state index contributed by atoms with van der Waals surface area (Å²) < 4.78 is 8.85. The van der Waals surface area contributed by atoms with Crippen LogP contribution in [0.3, 0.4) is 0 Å². The Morgan fingerprint density at radius 1 is 1.30 bits per heavy atom. The molecule has 0 saturated carbocycles. The highest BCUT2D eigenvalue weighted by Gasteiger charge is 2.24. The molecule has 9 nitrogen and oxygen atoms in total. The molecule has 0 bridgehead atoms. The molecule has 146 valence electrons. The molecule has 2 aromatic heterocycles. The van der Waals surface area contributed by atoms with Crippen LogP contribution in [0.25, 0.3) is 0 Å². The van der Waals surface area contributed by atoms with E-state index in [9.17, 15) is 9.59 Å². The molecule has 1 saturated heterocycles. The van der Waals surface area contributed by atoms with Gasteiger partial charge in [0.2, 0.25) is 0 Å². The van der Waals surface area contributed by atoms with E-state index in [1.165, 1.54) is 0 Å². The van der Waals surface area contributed by atoms with Crippen molar-refractivity contribution in [1.82, 2.24) is 29.9 Å².